The second-order valence-corrected chi connectivity index (χ2v) is 7.18. The highest BCUT2D eigenvalue weighted by Gasteiger charge is 2.17. The first-order chi connectivity index (χ1) is 10.0. The van der Waals surface area contributed by atoms with Gasteiger partial charge < -0.3 is 5.32 Å². The third-order valence-electron chi connectivity index (χ3n) is 3.24. The molecule has 1 atom stereocenters. The van der Waals surface area contributed by atoms with E-state index in [4.69, 9.17) is 11.6 Å². The van der Waals surface area contributed by atoms with Crippen molar-refractivity contribution in [1.82, 2.24) is 5.32 Å². The lowest BCUT2D eigenvalue weighted by molar-refractivity contribution is 0.526. The number of benzene rings is 2. The first-order valence-corrected chi connectivity index (χ1v) is 8.89. The van der Waals surface area contributed by atoms with E-state index in [1.165, 1.54) is 0 Å². The molecular weight excluding hydrogens is 467 g/mol. The number of rotatable bonds is 5. The summed E-state index contributed by atoms with van der Waals surface area (Å²) in [6.07, 6.45) is 0.562. The van der Waals surface area contributed by atoms with E-state index in [0.29, 0.717) is 12.0 Å². The lowest BCUT2D eigenvalue weighted by Gasteiger charge is -2.21. The first kappa shape index (κ1) is 17.2. The maximum Gasteiger partial charge on any atom is 0.145 e. The molecule has 0 aliphatic carbocycles. The van der Waals surface area contributed by atoms with Gasteiger partial charge in [-0.3, -0.25) is 0 Å². The first-order valence-electron chi connectivity index (χ1n) is 6.64. The lowest BCUT2D eigenvalue weighted by Crippen LogP contribution is -2.24. The summed E-state index contributed by atoms with van der Waals surface area (Å²) in [4.78, 5) is 0. The summed E-state index contributed by atoms with van der Waals surface area (Å²) in [7, 11) is 0. The Kier molecular flexibility index (Phi) is 6.47. The van der Waals surface area contributed by atoms with E-state index in [-0.39, 0.29) is 16.9 Å². The van der Waals surface area contributed by atoms with Gasteiger partial charge in [0.1, 0.15) is 5.82 Å². The Morgan fingerprint density at radius 2 is 2.10 bits per heavy atom. The molecule has 1 unspecified atom stereocenters. The molecule has 0 saturated carbocycles. The van der Waals surface area contributed by atoms with Crippen LogP contribution < -0.4 is 5.32 Å². The largest absolute Gasteiger partial charge is 0.310 e. The zero-order chi connectivity index (χ0) is 15.4. The smallest absolute Gasteiger partial charge is 0.145 e. The molecule has 0 saturated heterocycles. The summed E-state index contributed by atoms with van der Waals surface area (Å²) in [6.45, 7) is 2.86. The van der Waals surface area contributed by atoms with E-state index < -0.39 is 0 Å². The predicted octanol–water partition coefficient (Wildman–Crippen LogP) is 5.74. The highest BCUT2D eigenvalue weighted by Crippen LogP contribution is 2.28. The minimum Gasteiger partial charge on any atom is -0.310 e. The molecule has 0 radical (unpaired) electrons. The molecule has 0 aliphatic rings. The Labute approximate surface area is 151 Å². The van der Waals surface area contributed by atoms with Gasteiger partial charge in [-0.05, 0) is 70.9 Å². The minimum atomic E-state index is -0.327. The number of hydrogen-bond donors (Lipinski definition) is 1. The standard InChI is InChI=1S/C16H15BrClFIN/c1-2-21-15(12-9-11(17)6-7-14(12)20)8-10-4-3-5-13(18)16(10)19/h3-7,9,15,21H,2,8H2,1H3. The molecule has 0 bridgehead atoms. The molecule has 2 aromatic carbocycles. The SMILES string of the molecule is CCNC(Cc1cccc(Cl)c1F)c1cc(Br)ccc1I. The van der Waals surface area contributed by atoms with E-state index in [1.807, 2.05) is 13.0 Å². The molecule has 2 rings (SSSR count). The van der Waals surface area contributed by atoms with Crippen LogP contribution in [-0.2, 0) is 6.42 Å². The summed E-state index contributed by atoms with van der Waals surface area (Å²) in [5.74, 6) is -0.327. The maximum atomic E-state index is 14.1. The summed E-state index contributed by atoms with van der Waals surface area (Å²) >= 11 is 11.7. The van der Waals surface area contributed by atoms with Crippen LogP contribution in [0.15, 0.2) is 40.9 Å². The topological polar surface area (TPSA) is 12.0 Å². The third-order valence-corrected chi connectivity index (χ3v) is 5.01. The van der Waals surface area contributed by atoms with Crippen LogP contribution in [0.4, 0.5) is 4.39 Å². The van der Waals surface area contributed by atoms with Crippen molar-refractivity contribution < 1.29 is 4.39 Å². The van der Waals surface area contributed by atoms with Gasteiger partial charge >= 0.3 is 0 Å². The van der Waals surface area contributed by atoms with Crippen molar-refractivity contribution in [1.29, 1.82) is 0 Å². The Balaban J connectivity index is 2.35. The van der Waals surface area contributed by atoms with Crippen molar-refractivity contribution in [3.8, 4) is 0 Å². The highest BCUT2D eigenvalue weighted by atomic mass is 127. The average Bonchev–Trinajstić information content (AvgIpc) is 2.46. The second kappa shape index (κ2) is 7.90. The van der Waals surface area contributed by atoms with Crippen molar-refractivity contribution in [3.63, 3.8) is 0 Å². The van der Waals surface area contributed by atoms with Gasteiger partial charge in [-0.1, -0.05) is 46.6 Å². The van der Waals surface area contributed by atoms with Crippen LogP contribution in [0.1, 0.15) is 24.1 Å². The van der Waals surface area contributed by atoms with Crippen LogP contribution in [-0.4, -0.2) is 6.54 Å². The number of halogens is 4. The Morgan fingerprint density at radius 1 is 1.33 bits per heavy atom. The maximum absolute atomic E-state index is 14.1. The molecule has 1 N–H and O–H groups in total. The number of hydrogen-bond acceptors (Lipinski definition) is 1. The van der Waals surface area contributed by atoms with Crippen molar-refractivity contribution in [3.05, 3.63) is 66.4 Å². The zero-order valence-electron chi connectivity index (χ0n) is 11.5. The van der Waals surface area contributed by atoms with E-state index in [9.17, 15) is 4.39 Å². The van der Waals surface area contributed by atoms with Gasteiger partial charge in [0, 0.05) is 14.1 Å². The van der Waals surface area contributed by atoms with E-state index >= 15 is 0 Å². The molecule has 0 aromatic heterocycles. The van der Waals surface area contributed by atoms with E-state index in [0.717, 1.165) is 20.2 Å². The predicted molar refractivity (Wildman–Crippen MR) is 98.4 cm³/mol. The highest BCUT2D eigenvalue weighted by molar-refractivity contribution is 14.1. The monoisotopic (exact) mass is 481 g/mol. The van der Waals surface area contributed by atoms with Gasteiger partial charge in [0.2, 0.25) is 0 Å². The van der Waals surface area contributed by atoms with Gasteiger partial charge in [-0.2, -0.15) is 0 Å². The minimum absolute atomic E-state index is 0.0485. The molecular formula is C16H15BrClFIN. The molecule has 0 aliphatic heterocycles. The quantitative estimate of drug-likeness (QED) is 0.536. The van der Waals surface area contributed by atoms with Crippen molar-refractivity contribution >= 4 is 50.1 Å². The van der Waals surface area contributed by atoms with Crippen LogP contribution in [0.5, 0.6) is 0 Å². The van der Waals surface area contributed by atoms with Gasteiger partial charge in [0.25, 0.3) is 0 Å². The molecule has 2 aromatic rings. The fourth-order valence-electron chi connectivity index (χ4n) is 2.25. The fraction of sp³-hybridized carbons (Fsp3) is 0.250. The van der Waals surface area contributed by atoms with Gasteiger partial charge in [-0.15, -0.1) is 0 Å². The average molecular weight is 483 g/mol. The fourth-order valence-corrected chi connectivity index (χ4v) is 3.53. The molecule has 5 heteroatoms. The van der Waals surface area contributed by atoms with Crippen LogP contribution in [0.25, 0.3) is 0 Å². The van der Waals surface area contributed by atoms with Crippen LogP contribution in [0, 0.1) is 9.39 Å². The summed E-state index contributed by atoms with van der Waals surface area (Å²) in [5.41, 5.74) is 1.79. The van der Waals surface area contributed by atoms with Crippen LogP contribution >= 0.6 is 50.1 Å². The lowest BCUT2D eigenvalue weighted by atomic mass is 9.98. The molecule has 0 fully saturated rings. The summed E-state index contributed by atoms with van der Waals surface area (Å²) in [6, 6.07) is 11.3. The Bertz CT molecular complexity index is 636. The third kappa shape index (κ3) is 4.41. The summed E-state index contributed by atoms with van der Waals surface area (Å²) < 4.78 is 16.3. The van der Waals surface area contributed by atoms with E-state index in [1.54, 1.807) is 18.2 Å². The zero-order valence-corrected chi connectivity index (χ0v) is 16.0. The Hall–Kier alpha value is -0.170. The van der Waals surface area contributed by atoms with Gasteiger partial charge in [0.15, 0.2) is 0 Å². The molecule has 1 nitrogen and oxygen atoms in total. The molecule has 0 amide bonds. The van der Waals surface area contributed by atoms with E-state index in [2.05, 4.69) is 56.0 Å². The molecule has 21 heavy (non-hydrogen) atoms. The molecule has 0 spiro atoms. The van der Waals surface area contributed by atoms with Gasteiger partial charge in [0.05, 0.1) is 5.02 Å². The number of likely N-dealkylation sites (N-methyl/N-ethyl adjacent to an activating group) is 1. The normalized spacial score (nSPS) is 12.4. The molecule has 0 heterocycles. The Morgan fingerprint density at radius 3 is 2.81 bits per heavy atom. The second-order valence-electron chi connectivity index (χ2n) is 4.69. The van der Waals surface area contributed by atoms with Crippen LogP contribution in [0.3, 0.4) is 0 Å². The summed E-state index contributed by atoms with van der Waals surface area (Å²) in [5, 5.41) is 3.60. The van der Waals surface area contributed by atoms with Crippen LogP contribution in [0.2, 0.25) is 5.02 Å². The number of nitrogens with one attached hydrogen (secondary N) is 1. The van der Waals surface area contributed by atoms with Gasteiger partial charge in [-0.25, -0.2) is 4.39 Å². The van der Waals surface area contributed by atoms with Crippen molar-refractivity contribution in [2.45, 2.75) is 19.4 Å². The molecule has 112 valence electrons. The van der Waals surface area contributed by atoms with Crippen molar-refractivity contribution in [2.75, 3.05) is 6.54 Å². The van der Waals surface area contributed by atoms with Crippen molar-refractivity contribution in [2.24, 2.45) is 0 Å².